The summed E-state index contributed by atoms with van der Waals surface area (Å²) in [6.07, 6.45) is 3.90. The van der Waals surface area contributed by atoms with Crippen molar-refractivity contribution in [3.05, 3.63) is 40.9 Å². The molecule has 18 heavy (non-hydrogen) atoms. The molecule has 0 aliphatic rings. The number of aromatic nitrogens is 1. The summed E-state index contributed by atoms with van der Waals surface area (Å²) in [6.45, 7) is 3.84. The van der Waals surface area contributed by atoms with E-state index in [1.807, 2.05) is 12.1 Å². The minimum absolute atomic E-state index is 0.247. The zero-order valence-electron chi connectivity index (χ0n) is 10.2. The fourth-order valence-electron chi connectivity index (χ4n) is 1.82. The van der Waals surface area contributed by atoms with Crippen LogP contribution in [0, 0.1) is 0 Å². The van der Waals surface area contributed by atoms with Crippen molar-refractivity contribution in [1.29, 1.82) is 0 Å². The molecule has 0 amide bonds. The van der Waals surface area contributed by atoms with Gasteiger partial charge in [0.15, 0.2) is 0 Å². The number of rotatable bonds is 6. The standard InChI is InChI=1S/C14H14NO2S/c1-2-5-11-6-3-4-7-13(11)14-15-8-12(18-14)9-17-10-16/h3-4,6-8H,2,5,9H2,1H3. The van der Waals surface area contributed by atoms with Crippen LogP contribution in [-0.4, -0.2) is 11.5 Å². The first kappa shape index (κ1) is 12.8. The predicted molar refractivity (Wildman–Crippen MR) is 72.0 cm³/mol. The summed E-state index contributed by atoms with van der Waals surface area (Å²) in [5.74, 6) is 0. The Kier molecular flexibility index (Phi) is 4.47. The molecule has 0 saturated carbocycles. The van der Waals surface area contributed by atoms with Gasteiger partial charge in [0, 0.05) is 11.8 Å². The SMILES string of the molecule is CCCc1ccccc1-c1ncc(CO[C]=O)s1. The maximum absolute atomic E-state index is 10.0. The molecule has 93 valence electrons. The molecule has 3 nitrogen and oxygen atoms in total. The Balaban J connectivity index is 2.25. The van der Waals surface area contributed by atoms with Crippen molar-refractivity contribution in [2.45, 2.75) is 26.4 Å². The average Bonchev–Trinajstić information content (AvgIpc) is 2.86. The van der Waals surface area contributed by atoms with Crippen molar-refractivity contribution in [2.24, 2.45) is 0 Å². The summed E-state index contributed by atoms with van der Waals surface area (Å²) in [6, 6.07) is 8.29. The lowest BCUT2D eigenvalue weighted by atomic mass is 10.0. The number of aryl methyl sites for hydroxylation is 1. The van der Waals surface area contributed by atoms with Crippen molar-refractivity contribution in [1.82, 2.24) is 4.98 Å². The van der Waals surface area contributed by atoms with Crippen LogP contribution in [0.2, 0.25) is 0 Å². The van der Waals surface area contributed by atoms with Crippen molar-refractivity contribution in [2.75, 3.05) is 0 Å². The van der Waals surface area contributed by atoms with E-state index in [0.717, 1.165) is 22.7 Å². The van der Waals surface area contributed by atoms with Gasteiger partial charge >= 0.3 is 6.47 Å². The molecule has 1 aromatic heterocycles. The minimum atomic E-state index is 0.247. The van der Waals surface area contributed by atoms with Gasteiger partial charge in [-0.3, -0.25) is 0 Å². The third-order valence-electron chi connectivity index (χ3n) is 2.59. The quantitative estimate of drug-likeness (QED) is 0.799. The third kappa shape index (κ3) is 2.96. The Labute approximate surface area is 110 Å². The smallest absolute Gasteiger partial charge is 0.417 e. The van der Waals surface area contributed by atoms with Crippen LogP contribution in [0.1, 0.15) is 23.8 Å². The van der Waals surface area contributed by atoms with Gasteiger partial charge in [0.05, 0.1) is 4.88 Å². The molecule has 0 bridgehead atoms. The molecule has 0 aliphatic heterocycles. The van der Waals surface area contributed by atoms with Crippen molar-refractivity contribution in [3.63, 3.8) is 0 Å². The fraction of sp³-hybridized carbons (Fsp3) is 0.286. The fourth-order valence-corrected chi connectivity index (χ4v) is 2.70. The molecule has 2 rings (SSSR count). The van der Waals surface area contributed by atoms with Gasteiger partial charge < -0.3 is 4.74 Å². The number of hydrogen-bond acceptors (Lipinski definition) is 4. The number of benzene rings is 1. The van der Waals surface area contributed by atoms with E-state index in [0.29, 0.717) is 0 Å². The Morgan fingerprint density at radius 1 is 1.39 bits per heavy atom. The first-order valence-corrected chi connectivity index (χ1v) is 6.68. The average molecular weight is 260 g/mol. The zero-order chi connectivity index (χ0) is 12.8. The van der Waals surface area contributed by atoms with Crippen molar-refractivity contribution in [3.8, 4) is 10.6 Å². The lowest BCUT2D eigenvalue weighted by molar-refractivity contribution is 0.270. The number of carbonyl (C=O) groups excluding carboxylic acids is 1. The Bertz CT molecular complexity index is 522. The zero-order valence-corrected chi connectivity index (χ0v) is 11.0. The molecule has 0 fully saturated rings. The van der Waals surface area contributed by atoms with E-state index >= 15 is 0 Å². The minimum Gasteiger partial charge on any atom is -0.451 e. The lowest BCUT2D eigenvalue weighted by Crippen LogP contribution is -1.87. The second-order valence-electron chi connectivity index (χ2n) is 3.91. The van der Waals surface area contributed by atoms with E-state index in [4.69, 9.17) is 0 Å². The molecule has 0 aliphatic carbocycles. The summed E-state index contributed by atoms with van der Waals surface area (Å²) < 4.78 is 4.61. The second kappa shape index (κ2) is 6.31. The highest BCUT2D eigenvalue weighted by molar-refractivity contribution is 7.15. The van der Waals surface area contributed by atoms with Crippen LogP contribution in [0.3, 0.4) is 0 Å². The van der Waals surface area contributed by atoms with E-state index in [1.165, 1.54) is 17.6 Å². The van der Waals surface area contributed by atoms with Gasteiger partial charge in [-0.1, -0.05) is 37.6 Å². The predicted octanol–water partition coefficient (Wildman–Crippen LogP) is 3.35. The van der Waals surface area contributed by atoms with Gasteiger partial charge in [-0.05, 0) is 12.0 Å². The lowest BCUT2D eigenvalue weighted by Gasteiger charge is -2.04. The molecule has 1 heterocycles. The maximum Gasteiger partial charge on any atom is 0.417 e. The van der Waals surface area contributed by atoms with Crippen LogP contribution in [0.4, 0.5) is 0 Å². The highest BCUT2D eigenvalue weighted by atomic mass is 32.1. The summed E-state index contributed by atoms with van der Waals surface area (Å²) in [4.78, 5) is 15.4. The molecule has 0 N–H and O–H groups in total. The second-order valence-corrected chi connectivity index (χ2v) is 5.03. The molecule has 0 unspecified atom stereocenters. The van der Waals surface area contributed by atoms with Crippen LogP contribution < -0.4 is 0 Å². The molecule has 0 atom stereocenters. The molecule has 0 spiro atoms. The summed E-state index contributed by atoms with van der Waals surface area (Å²) in [5, 5.41) is 0.976. The van der Waals surface area contributed by atoms with Crippen molar-refractivity contribution >= 4 is 17.8 Å². The summed E-state index contributed by atoms with van der Waals surface area (Å²) in [7, 11) is 0. The van der Waals surface area contributed by atoms with Gasteiger partial charge in [-0.2, -0.15) is 0 Å². The van der Waals surface area contributed by atoms with Gasteiger partial charge in [-0.25, -0.2) is 9.78 Å². The molecule has 1 aromatic carbocycles. The molecular formula is C14H14NO2S. The molecule has 4 heteroatoms. The number of hydrogen-bond donors (Lipinski definition) is 0. The highest BCUT2D eigenvalue weighted by Gasteiger charge is 2.08. The monoisotopic (exact) mass is 260 g/mol. The molecule has 1 radical (unpaired) electrons. The maximum atomic E-state index is 10.0. The molecule has 2 aromatic rings. The Morgan fingerprint density at radius 2 is 2.22 bits per heavy atom. The number of nitrogens with zero attached hydrogens (tertiary/aromatic N) is 1. The molecular weight excluding hydrogens is 246 g/mol. The van der Waals surface area contributed by atoms with Crippen molar-refractivity contribution < 1.29 is 9.53 Å². The third-order valence-corrected chi connectivity index (χ3v) is 3.60. The van der Waals surface area contributed by atoms with Crippen LogP contribution >= 0.6 is 11.3 Å². The van der Waals surface area contributed by atoms with E-state index in [2.05, 4.69) is 28.8 Å². The van der Waals surface area contributed by atoms with E-state index < -0.39 is 0 Å². The summed E-state index contributed by atoms with van der Waals surface area (Å²) in [5.41, 5.74) is 2.48. The Morgan fingerprint density at radius 3 is 3.00 bits per heavy atom. The van der Waals surface area contributed by atoms with Crippen LogP contribution in [-0.2, 0) is 22.6 Å². The topological polar surface area (TPSA) is 39.2 Å². The van der Waals surface area contributed by atoms with Gasteiger partial charge in [0.25, 0.3) is 0 Å². The molecule has 0 saturated heterocycles. The van der Waals surface area contributed by atoms with E-state index in [-0.39, 0.29) is 6.61 Å². The van der Waals surface area contributed by atoms with Gasteiger partial charge in [0.2, 0.25) is 0 Å². The van der Waals surface area contributed by atoms with Gasteiger partial charge in [-0.15, -0.1) is 11.3 Å². The largest absolute Gasteiger partial charge is 0.451 e. The van der Waals surface area contributed by atoms with Crippen LogP contribution in [0.25, 0.3) is 10.6 Å². The Hall–Kier alpha value is -1.68. The van der Waals surface area contributed by atoms with Crippen LogP contribution in [0.5, 0.6) is 0 Å². The first-order chi connectivity index (χ1) is 8.85. The highest BCUT2D eigenvalue weighted by Crippen LogP contribution is 2.29. The van der Waals surface area contributed by atoms with E-state index in [9.17, 15) is 4.79 Å². The number of ether oxygens (including phenoxy) is 1. The van der Waals surface area contributed by atoms with Crippen LogP contribution in [0.15, 0.2) is 30.5 Å². The van der Waals surface area contributed by atoms with Gasteiger partial charge in [0.1, 0.15) is 11.6 Å². The first-order valence-electron chi connectivity index (χ1n) is 5.87. The number of thiazole rings is 1. The normalized spacial score (nSPS) is 10.3. The van der Waals surface area contributed by atoms with E-state index in [1.54, 1.807) is 17.5 Å². The summed E-state index contributed by atoms with van der Waals surface area (Å²) >= 11 is 1.55.